The number of amides is 1. The van der Waals surface area contributed by atoms with Crippen LogP contribution in [0.2, 0.25) is 5.02 Å². The molecule has 6 heteroatoms. The van der Waals surface area contributed by atoms with E-state index in [2.05, 4.69) is 10.3 Å². The zero-order valence-electron chi connectivity index (χ0n) is 12.7. The first kappa shape index (κ1) is 16.6. The number of aromatic amines is 1. The number of benzene rings is 2. The molecule has 0 aliphatic rings. The number of ketones is 1. The van der Waals surface area contributed by atoms with Gasteiger partial charge >= 0.3 is 0 Å². The Kier molecular flexibility index (Phi) is 5.23. The minimum Gasteiger partial charge on any atom is -0.360 e. The molecule has 1 heterocycles. The lowest BCUT2D eigenvalue weighted by Crippen LogP contribution is -2.15. The molecule has 1 amide bonds. The van der Waals surface area contributed by atoms with Crippen LogP contribution in [0.3, 0.4) is 0 Å². The topological polar surface area (TPSA) is 62.0 Å². The Bertz CT molecular complexity index is 874. The Morgan fingerprint density at radius 2 is 1.79 bits per heavy atom. The van der Waals surface area contributed by atoms with Gasteiger partial charge in [-0.3, -0.25) is 9.59 Å². The SMILES string of the molecule is O=C(CSCC(=O)c1c[nH]c2ccccc12)Nc1ccc(Cl)cc1. The van der Waals surface area contributed by atoms with Crippen molar-refractivity contribution >= 4 is 51.6 Å². The van der Waals surface area contributed by atoms with E-state index in [1.54, 1.807) is 30.5 Å². The Balaban J connectivity index is 1.51. The average molecular weight is 359 g/mol. The first-order valence-electron chi connectivity index (χ1n) is 7.36. The first-order valence-corrected chi connectivity index (χ1v) is 8.89. The molecule has 0 unspecified atom stereocenters. The van der Waals surface area contributed by atoms with Crippen molar-refractivity contribution in [1.29, 1.82) is 0 Å². The number of nitrogens with one attached hydrogen (secondary N) is 2. The summed E-state index contributed by atoms with van der Waals surface area (Å²) in [7, 11) is 0. The molecule has 2 aromatic carbocycles. The number of anilines is 1. The Morgan fingerprint density at radius 1 is 1.04 bits per heavy atom. The smallest absolute Gasteiger partial charge is 0.234 e. The lowest BCUT2D eigenvalue weighted by atomic mass is 10.1. The van der Waals surface area contributed by atoms with Gasteiger partial charge in [0.05, 0.1) is 11.5 Å². The van der Waals surface area contributed by atoms with E-state index in [9.17, 15) is 9.59 Å². The number of Topliss-reactive ketones (excluding diaryl/α,β-unsaturated/α-hetero) is 1. The van der Waals surface area contributed by atoms with Crippen LogP contribution in [-0.2, 0) is 4.79 Å². The molecule has 0 saturated heterocycles. The lowest BCUT2D eigenvalue weighted by molar-refractivity contribution is -0.113. The van der Waals surface area contributed by atoms with E-state index in [0.717, 1.165) is 10.9 Å². The molecule has 0 radical (unpaired) electrons. The largest absolute Gasteiger partial charge is 0.360 e. The van der Waals surface area contributed by atoms with Gasteiger partial charge in [0.25, 0.3) is 0 Å². The van der Waals surface area contributed by atoms with Crippen molar-refractivity contribution in [2.45, 2.75) is 0 Å². The molecule has 0 aliphatic carbocycles. The number of carbonyl (C=O) groups excluding carboxylic acids is 2. The van der Waals surface area contributed by atoms with Gasteiger partial charge in [-0.15, -0.1) is 11.8 Å². The summed E-state index contributed by atoms with van der Waals surface area (Å²) >= 11 is 7.10. The molecular formula is C18H15ClN2O2S. The van der Waals surface area contributed by atoms with Crippen LogP contribution in [0.4, 0.5) is 5.69 Å². The van der Waals surface area contributed by atoms with Gasteiger partial charge in [0.2, 0.25) is 5.91 Å². The maximum absolute atomic E-state index is 12.3. The maximum Gasteiger partial charge on any atom is 0.234 e. The molecule has 1 aromatic heterocycles. The normalized spacial score (nSPS) is 10.7. The molecule has 24 heavy (non-hydrogen) atoms. The minimum atomic E-state index is -0.144. The summed E-state index contributed by atoms with van der Waals surface area (Å²) in [5.41, 5.74) is 2.29. The zero-order valence-corrected chi connectivity index (χ0v) is 14.3. The summed E-state index contributed by atoms with van der Waals surface area (Å²) in [6, 6.07) is 14.6. The van der Waals surface area contributed by atoms with Crippen LogP contribution in [0.1, 0.15) is 10.4 Å². The number of H-pyrrole nitrogens is 1. The fraction of sp³-hybridized carbons (Fsp3) is 0.111. The van der Waals surface area contributed by atoms with Crippen LogP contribution in [-0.4, -0.2) is 28.2 Å². The highest BCUT2D eigenvalue weighted by molar-refractivity contribution is 8.00. The number of aromatic nitrogens is 1. The van der Waals surface area contributed by atoms with Crippen LogP contribution in [0.15, 0.2) is 54.7 Å². The van der Waals surface area contributed by atoms with Gasteiger partial charge < -0.3 is 10.3 Å². The predicted molar refractivity (Wildman–Crippen MR) is 100 cm³/mol. The lowest BCUT2D eigenvalue weighted by Gasteiger charge is -2.05. The van der Waals surface area contributed by atoms with E-state index >= 15 is 0 Å². The van der Waals surface area contributed by atoms with E-state index in [1.807, 2.05) is 24.3 Å². The molecule has 2 N–H and O–H groups in total. The highest BCUT2D eigenvalue weighted by Gasteiger charge is 2.12. The predicted octanol–water partition coefficient (Wildman–Crippen LogP) is 4.38. The summed E-state index contributed by atoms with van der Waals surface area (Å²) in [5, 5.41) is 4.30. The molecule has 3 rings (SSSR count). The molecule has 0 aliphatic heterocycles. The molecule has 4 nitrogen and oxygen atoms in total. The summed E-state index contributed by atoms with van der Waals surface area (Å²) in [6.45, 7) is 0. The molecular weight excluding hydrogens is 344 g/mol. The minimum absolute atomic E-state index is 0.0109. The van der Waals surface area contributed by atoms with Gasteiger partial charge in [0, 0.05) is 33.4 Å². The van der Waals surface area contributed by atoms with Crippen LogP contribution in [0.5, 0.6) is 0 Å². The molecule has 0 saturated carbocycles. The van der Waals surface area contributed by atoms with Crippen molar-refractivity contribution in [3.8, 4) is 0 Å². The van der Waals surface area contributed by atoms with Gasteiger partial charge in [0.1, 0.15) is 0 Å². The third-order valence-electron chi connectivity index (χ3n) is 3.48. The summed E-state index contributed by atoms with van der Waals surface area (Å²) in [5.74, 6) is 0.345. The van der Waals surface area contributed by atoms with Crippen LogP contribution in [0, 0.1) is 0 Å². The van der Waals surface area contributed by atoms with Crippen molar-refractivity contribution in [2.75, 3.05) is 16.8 Å². The summed E-state index contributed by atoms with van der Waals surface area (Å²) < 4.78 is 0. The molecule has 0 spiro atoms. The van der Waals surface area contributed by atoms with E-state index in [-0.39, 0.29) is 23.2 Å². The highest BCUT2D eigenvalue weighted by atomic mass is 35.5. The van der Waals surface area contributed by atoms with Crippen molar-refractivity contribution < 1.29 is 9.59 Å². The molecule has 0 atom stereocenters. The number of hydrogen-bond donors (Lipinski definition) is 2. The van der Waals surface area contributed by atoms with Crippen LogP contribution >= 0.6 is 23.4 Å². The van der Waals surface area contributed by atoms with Crippen molar-refractivity contribution in [2.24, 2.45) is 0 Å². The van der Waals surface area contributed by atoms with Gasteiger partial charge in [-0.05, 0) is 30.3 Å². The van der Waals surface area contributed by atoms with Crippen LogP contribution in [0.25, 0.3) is 10.9 Å². The second-order valence-corrected chi connectivity index (χ2v) is 6.64. The molecule has 3 aromatic rings. The van der Waals surface area contributed by atoms with E-state index in [4.69, 9.17) is 11.6 Å². The first-order chi connectivity index (χ1) is 11.6. The molecule has 0 fully saturated rings. The van der Waals surface area contributed by atoms with Gasteiger partial charge in [-0.25, -0.2) is 0 Å². The Labute approximate surface area is 148 Å². The van der Waals surface area contributed by atoms with E-state index < -0.39 is 0 Å². The fourth-order valence-corrected chi connectivity index (χ4v) is 3.17. The Hall–Kier alpha value is -2.24. The fourth-order valence-electron chi connectivity index (χ4n) is 2.35. The van der Waals surface area contributed by atoms with Gasteiger partial charge in [-0.2, -0.15) is 0 Å². The number of halogens is 1. The van der Waals surface area contributed by atoms with Crippen molar-refractivity contribution in [3.63, 3.8) is 0 Å². The van der Waals surface area contributed by atoms with Gasteiger partial charge in [-0.1, -0.05) is 29.8 Å². The second kappa shape index (κ2) is 7.55. The average Bonchev–Trinajstić information content (AvgIpc) is 3.01. The quantitative estimate of drug-likeness (QED) is 0.643. The van der Waals surface area contributed by atoms with Crippen LogP contribution < -0.4 is 5.32 Å². The highest BCUT2D eigenvalue weighted by Crippen LogP contribution is 2.20. The number of carbonyl (C=O) groups is 2. The summed E-state index contributed by atoms with van der Waals surface area (Å²) in [6.07, 6.45) is 1.72. The standard InChI is InChI=1S/C18H15ClN2O2S/c19-12-5-7-13(8-6-12)21-18(23)11-24-10-17(22)15-9-20-16-4-2-1-3-14(15)16/h1-9,20H,10-11H2,(H,21,23). The molecule has 122 valence electrons. The number of hydrogen-bond acceptors (Lipinski definition) is 3. The summed E-state index contributed by atoms with van der Waals surface area (Å²) in [4.78, 5) is 27.3. The van der Waals surface area contributed by atoms with Crippen molar-refractivity contribution in [3.05, 3.63) is 65.3 Å². The monoisotopic (exact) mass is 358 g/mol. The number of fused-ring (bicyclic) bond motifs is 1. The second-order valence-electron chi connectivity index (χ2n) is 5.22. The Morgan fingerprint density at radius 3 is 2.58 bits per heavy atom. The van der Waals surface area contributed by atoms with Crippen molar-refractivity contribution in [1.82, 2.24) is 4.98 Å². The molecule has 0 bridgehead atoms. The zero-order chi connectivity index (χ0) is 16.9. The number of thioether (sulfide) groups is 1. The number of rotatable bonds is 6. The van der Waals surface area contributed by atoms with E-state index in [0.29, 0.717) is 16.3 Å². The third-order valence-corrected chi connectivity index (χ3v) is 4.67. The third kappa shape index (κ3) is 3.99. The maximum atomic E-state index is 12.3. The van der Waals surface area contributed by atoms with Gasteiger partial charge in [0.15, 0.2) is 5.78 Å². The van der Waals surface area contributed by atoms with E-state index in [1.165, 1.54) is 11.8 Å². The number of para-hydroxylation sites is 1.